The first-order valence-corrected chi connectivity index (χ1v) is 11.7. The average molecular weight is 480 g/mol. The van der Waals surface area contributed by atoms with Gasteiger partial charge in [0.2, 0.25) is 0 Å². The van der Waals surface area contributed by atoms with Gasteiger partial charge in [0.1, 0.15) is 11.6 Å². The van der Waals surface area contributed by atoms with Crippen LogP contribution in [0.4, 0.5) is 0 Å². The molecule has 3 rings (SSSR count). The first-order chi connectivity index (χ1) is 16.7. The maximum absolute atomic E-state index is 12.6. The van der Waals surface area contributed by atoms with Crippen molar-refractivity contribution in [2.75, 3.05) is 39.9 Å². The van der Waals surface area contributed by atoms with Gasteiger partial charge in [0.15, 0.2) is 0 Å². The van der Waals surface area contributed by atoms with E-state index in [0.29, 0.717) is 37.4 Å². The Bertz CT molecular complexity index is 1090. The molecule has 0 radical (unpaired) electrons. The van der Waals surface area contributed by atoms with Crippen LogP contribution in [0, 0.1) is 11.3 Å². The van der Waals surface area contributed by atoms with Crippen LogP contribution in [0.1, 0.15) is 42.3 Å². The zero-order valence-corrected chi connectivity index (χ0v) is 20.8. The summed E-state index contributed by atoms with van der Waals surface area (Å²) in [5, 5.41) is 12.5. The molecule has 186 valence electrons. The van der Waals surface area contributed by atoms with Crippen molar-refractivity contribution in [1.29, 1.82) is 5.26 Å². The predicted molar refractivity (Wildman–Crippen MR) is 132 cm³/mol. The number of nitriles is 1. The number of hydrogen-bond donors (Lipinski definition) is 1. The summed E-state index contributed by atoms with van der Waals surface area (Å²) in [5.74, 6) is -0.676. The number of nitrogens with one attached hydrogen (secondary N) is 1. The van der Waals surface area contributed by atoms with E-state index in [9.17, 15) is 14.9 Å². The van der Waals surface area contributed by atoms with Crippen LogP contribution >= 0.6 is 0 Å². The molecule has 0 aromatic heterocycles. The van der Waals surface area contributed by atoms with Crippen LogP contribution in [-0.2, 0) is 25.6 Å². The SMILES string of the molecule is COC(=O)c1cc(COCCN2CCNCC2C(=O)OC(C)(C)C)cc(-c2cccc(C#N)c2)c1. The number of carbonyl (C=O) groups excluding carboxylic acids is 2. The molecule has 0 spiro atoms. The van der Waals surface area contributed by atoms with Crippen molar-refractivity contribution in [2.45, 2.75) is 39.0 Å². The molecule has 0 aliphatic carbocycles. The lowest BCUT2D eigenvalue weighted by molar-refractivity contribution is -0.162. The molecular formula is C27H33N3O5. The minimum atomic E-state index is -0.536. The van der Waals surface area contributed by atoms with Crippen molar-refractivity contribution < 1.29 is 23.8 Å². The quantitative estimate of drug-likeness (QED) is 0.455. The van der Waals surface area contributed by atoms with Crippen LogP contribution in [0.5, 0.6) is 0 Å². The highest BCUT2D eigenvalue weighted by Crippen LogP contribution is 2.24. The summed E-state index contributed by atoms with van der Waals surface area (Å²) in [6.07, 6.45) is 0. The van der Waals surface area contributed by atoms with Gasteiger partial charge in [-0.15, -0.1) is 0 Å². The van der Waals surface area contributed by atoms with Crippen molar-refractivity contribution in [3.05, 3.63) is 59.2 Å². The smallest absolute Gasteiger partial charge is 0.337 e. The number of ether oxygens (including phenoxy) is 3. The molecule has 1 unspecified atom stereocenters. The summed E-state index contributed by atoms with van der Waals surface area (Å²) < 4.78 is 16.4. The van der Waals surface area contributed by atoms with Gasteiger partial charge >= 0.3 is 11.9 Å². The molecule has 1 aliphatic rings. The zero-order valence-electron chi connectivity index (χ0n) is 20.8. The van der Waals surface area contributed by atoms with E-state index >= 15 is 0 Å². The number of benzene rings is 2. The Morgan fingerprint density at radius 2 is 1.97 bits per heavy atom. The van der Waals surface area contributed by atoms with E-state index in [4.69, 9.17) is 14.2 Å². The van der Waals surface area contributed by atoms with Gasteiger partial charge in [0.25, 0.3) is 0 Å². The van der Waals surface area contributed by atoms with E-state index in [0.717, 1.165) is 29.8 Å². The lowest BCUT2D eigenvalue weighted by Crippen LogP contribution is -2.56. The maximum atomic E-state index is 12.6. The number of carbonyl (C=O) groups is 2. The van der Waals surface area contributed by atoms with E-state index in [2.05, 4.69) is 16.3 Å². The molecule has 8 heteroatoms. The molecule has 1 aliphatic heterocycles. The van der Waals surface area contributed by atoms with Gasteiger partial charge in [0.05, 0.1) is 37.5 Å². The van der Waals surface area contributed by atoms with Gasteiger partial charge < -0.3 is 19.5 Å². The van der Waals surface area contributed by atoms with E-state index in [-0.39, 0.29) is 12.0 Å². The zero-order chi connectivity index (χ0) is 25.4. The molecule has 2 aromatic carbocycles. The summed E-state index contributed by atoms with van der Waals surface area (Å²) in [4.78, 5) is 26.9. The summed E-state index contributed by atoms with van der Waals surface area (Å²) >= 11 is 0. The standard InChI is InChI=1S/C27H33N3O5/c1-27(2,3)35-26(32)24-17-29-8-9-30(24)10-11-34-18-20-13-22(15-23(14-20)25(31)33-4)21-7-5-6-19(12-21)16-28/h5-7,12-15,24,29H,8-11,17-18H2,1-4H3. The van der Waals surface area contributed by atoms with Crippen molar-refractivity contribution in [2.24, 2.45) is 0 Å². The lowest BCUT2D eigenvalue weighted by Gasteiger charge is -2.36. The molecule has 2 aromatic rings. The molecular weight excluding hydrogens is 446 g/mol. The fourth-order valence-electron chi connectivity index (χ4n) is 3.93. The average Bonchev–Trinajstić information content (AvgIpc) is 2.85. The Hall–Kier alpha value is -3.25. The number of rotatable bonds is 8. The number of esters is 2. The van der Waals surface area contributed by atoms with Gasteiger partial charge in [0, 0.05) is 26.2 Å². The van der Waals surface area contributed by atoms with Crippen molar-refractivity contribution in [1.82, 2.24) is 10.2 Å². The van der Waals surface area contributed by atoms with Gasteiger partial charge in [-0.1, -0.05) is 12.1 Å². The van der Waals surface area contributed by atoms with Crippen LogP contribution < -0.4 is 5.32 Å². The lowest BCUT2D eigenvalue weighted by atomic mass is 9.98. The monoisotopic (exact) mass is 479 g/mol. The number of piperazine rings is 1. The first-order valence-electron chi connectivity index (χ1n) is 11.7. The van der Waals surface area contributed by atoms with Crippen molar-refractivity contribution in [3.8, 4) is 17.2 Å². The minimum Gasteiger partial charge on any atom is -0.465 e. The summed E-state index contributed by atoms with van der Waals surface area (Å²) in [6, 6.07) is 14.4. The number of hydrogen-bond acceptors (Lipinski definition) is 8. The molecule has 1 fully saturated rings. The highest BCUT2D eigenvalue weighted by atomic mass is 16.6. The van der Waals surface area contributed by atoms with Gasteiger partial charge in [-0.2, -0.15) is 5.26 Å². The maximum Gasteiger partial charge on any atom is 0.337 e. The number of nitrogens with zero attached hydrogens (tertiary/aromatic N) is 2. The van der Waals surface area contributed by atoms with Crippen LogP contribution in [0.15, 0.2) is 42.5 Å². The van der Waals surface area contributed by atoms with E-state index in [1.165, 1.54) is 7.11 Å². The minimum absolute atomic E-state index is 0.236. The van der Waals surface area contributed by atoms with E-state index in [1.54, 1.807) is 24.3 Å². The molecule has 8 nitrogen and oxygen atoms in total. The molecule has 1 heterocycles. The van der Waals surface area contributed by atoms with Gasteiger partial charge in [-0.05, 0) is 67.8 Å². The van der Waals surface area contributed by atoms with Crippen LogP contribution in [-0.4, -0.2) is 68.4 Å². The molecule has 0 saturated carbocycles. The molecule has 1 atom stereocenters. The first kappa shape index (κ1) is 26.4. The second kappa shape index (κ2) is 11.9. The van der Waals surface area contributed by atoms with Gasteiger partial charge in [-0.25, -0.2) is 4.79 Å². The highest BCUT2D eigenvalue weighted by molar-refractivity contribution is 5.91. The Kier molecular flexibility index (Phi) is 8.99. The molecule has 0 amide bonds. The molecule has 0 bridgehead atoms. The van der Waals surface area contributed by atoms with E-state index < -0.39 is 11.6 Å². The van der Waals surface area contributed by atoms with Crippen LogP contribution in [0.25, 0.3) is 11.1 Å². The second-order valence-corrected chi connectivity index (χ2v) is 9.44. The van der Waals surface area contributed by atoms with Crippen molar-refractivity contribution >= 4 is 11.9 Å². The Morgan fingerprint density at radius 1 is 1.17 bits per heavy atom. The van der Waals surface area contributed by atoms with Gasteiger partial charge in [-0.3, -0.25) is 9.69 Å². The summed E-state index contributed by atoms with van der Waals surface area (Å²) in [5.41, 5.74) is 2.87. The third-order valence-corrected chi connectivity index (χ3v) is 5.56. The fraction of sp³-hybridized carbons (Fsp3) is 0.444. The summed E-state index contributed by atoms with van der Waals surface area (Å²) in [7, 11) is 1.34. The molecule has 1 saturated heterocycles. The van der Waals surface area contributed by atoms with Crippen LogP contribution in [0.3, 0.4) is 0 Å². The van der Waals surface area contributed by atoms with Crippen molar-refractivity contribution in [3.63, 3.8) is 0 Å². The Morgan fingerprint density at radius 3 is 2.69 bits per heavy atom. The van der Waals surface area contributed by atoms with E-state index in [1.807, 2.05) is 39.0 Å². The molecule has 1 N–H and O–H groups in total. The predicted octanol–water partition coefficient (Wildman–Crippen LogP) is 3.14. The fourth-order valence-corrected chi connectivity index (χ4v) is 3.93. The third-order valence-electron chi connectivity index (χ3n) is 5.56. The molecule has 35 heavy (non-hydrogen) atoms. The largest absolute Gasteiger partial charge is 0.465 e. The summed E-state index contributed by atoms with van der Waals surface area (Å²) in [6.45, 7) is 8.95. The Balaban J connectivity index is 1.67. The third kappa shape index (κ3) is 7.62. The Labute approximate surface area is 206 Å². The topological polar surface area (TPSA) is 101 Å². The second-order valence-electron chi connectivity index (χ2n) is 9.44. The highest BCUT2D eigenvalue weighted by Gasteiger charge is 2.32. The normalized spacial score (nSPS) is 16.4. The van der Waals surface area contributed by atoms with Crippen LogP contribution in [0.2, 0.25) is 0 Å². The number of methoxy groups -OCH3 is 1.